The van der Waals surface area contributed by atoms with Crippen molar-refractivity contribution < 1.29 is 10.2 Å². The van der Waals surface area contributed by atoms with Crippen LogP contribution < -0.4 is 0 Å². The standard InChI is InChI=1S/C26H38O2/c1-6-9-12-20-15-17-21(19(5)26(20)28)22(11-8-3)23-16-14-18(4)25(27)24(23)13-10-7-2/h14-17,22,27-28H,6-13H2,1-5H3. The summed E-state index contributed by atoms with van der Waals surface area (Å²) in [6, 6.07) is 8.55. The van der Waals surface area contributed by atoms with Gasteiger partial charge in [0.15, 0.2) is 0 Å². The van der Waals surface area contributed by atoms with Crippen molar-refractivity contribution in [1.29, 1.82) is 0 Å². The average molecular weight is 383 g/mol. The quantitative estimate of drug-likeness (QED) is 0.451. The maximum absolute atomic E-state index is 10.8. The molecule has 0 spiro atoms. The van der Waals surface area contributed by atoms with Gasteiger partial charge in [-0.2, -0.15) is 0 Å². The van der Waals surface area contributed by atoms with Crippen LogP contribution in [0.25, 0.3) is 0 Å². The molecule has 0 fully saturated rings. The molecule has 2 aromatic rings. The largest absolute Gasteiger partial charge is 0.507 e. The molecule has 0 aliphatic rings. The van der Waals surface area contributed by atoms with E-state index in [1.807, 2.05) is 19.9 Å². The molecule has 2 rings (SSSR count). The lowest BCUT2D eigenvalue weighted by Gasteiger charge is -2.25. The van der Waals surface area contributed by atoms with Gasteiger partial charge < -0.3 is 10.2 Å². The fraction of sp³-hybridized carbons (Fsp3) is 0.538. The number of rotatable bonds is 10. The van der Waals surface area contributed by atoms with Gasteiger partial charge in [-0.1, -0.05) is 64.3 Å². The molecule has 1 unspecified atom stereocenters. The summed E-state index contributed by atoms with van der Waals surface area (Å²) in [7, 11) is 0. The van der Waals surface area contributed by atoms with E-state index in [0.29, 0.717) is 11.5 Å². The Hall–Kier alpha value is -1.96. The van der Waals surface area contributed by atoms with Gasteiger partial charge in [0.1, 0.15) is 11.5 Å². The minimum atomic E-state index is 0.203. The average Bonchev–Trinajstić information content (AvgIpc) is 2.69. The number of unbranched alkanes of at least 4 members (excludes halogenated alkanes) is 2. The van der Waals surface area contributed by atoms with Crippen LogP contribution in [-0.4, -0.2) is 10.2 Å². The predicted octanol–water partition coefficient (Wildman–Crippen LogP) is 7.33. The Balaban J connectivity index is 2.55. The van der Waals surface area contributed by atoms with Gasteiger partial charge in [-0.3, -0.25) is 0 Å². The molecule has 0 aliphatic heterocycles. The highest BCUT2D eigenvalue weighted by Crippen LogP contribution is 2.41. The first-order valence-electron chi connectivity index (χ1n) is 11.1. The molecule has 0 radical (unpaired) electrons. The van der Waals surface area contributed by atoms with Gasteiger partial charge in [-0.25, -0.2) is 0 Å². The molecule has 0 bridgehead atoms. The molecule has 0 saturated heterocycles. The van der Waals surface area contributed by atoms with E-state index in [1.165, 1.54) is 11.1 Å². The monoisotopic (exact) mass is 382 g/mol. The lowest BCUT2D eigenvalue weighted by atomic mass is 9.80. The van der Waals surface area contributed by atoms with Gasteiger partial charge in [0.25, 0.3) is 0 Å². The van der Waals surface area contributed by atoms with Crippen LogP contribution >= 0.6 is 0 Å². The minimum Gasteiger partial charge on any atom is -0.507 e. The van der Waals surface area contributed by atoms with Crippen molar-refractivity contribution in [1.82, 2.24) is 0 Å². The van der Waals surface area contributed by atoms with Crippen LogP contribution in [0.2, 0.25) is 0 Å². The molecule has 0 aromatic heterocycles. The van der Waals surface area contributed by atoms with Crippen LogP contribution in [0.1, 0.15) is 98.6 Å². The number of aryl methyl sites for hydroxylation is 2. The molecule has 2 aromatic carbocycles. The highest BCUT2D eigenvalue weighted by atomic mass is 16.3. The number of hydrogen-bond donors (Lipinski definition) is 2. The van der Waals surface area contributed by atoms with E-state index in [0.717, 1.165) is 73.6 Å². The van der Waals surface area contributed by atoms with E-state index in [1.54, 1.807) is 0 Å². The second kappa shape index (κ2) is 10.5. The molecule has 2 nitrogen and oxygen atoms in total. The van der Waals surface area contributed by atoms with Gasteiger partial charge in [-0.15, -0.1) is 0 Å². The zero-order valence-electron chi connectivity index (χ0n) is 18.4. The maximum Gasteiger partial charge on any atom is 0.121 e. The van der Waals surface area contributed by atoms with Gasteiger partial charge in [0.2, 0.25) is 0 Å². The Morgan fingerprint density at radius 3 is 2.04 bits per heavy atom. The van der Waals surface area contributed by atoms with Crippen LogP contribution in [0.4, 0.5) is 0 Å². The number of aromatic hydroxyl groups is 2. The zero-order chi connectivity index (χ0) is 20.7. The third-order valence-electron chi connectivity index (χ3n) is 5.99. The topological polar surface area (TPSA) is 40.5 Å². The van der Waals surface area contributed by atoms with Crippen molar-refractivity contribution >= 4 is 0 Å². The Kier molecular flexibility index (Phi) is 8.41. The normalized spacial score (nSPS) is 12.3. The first-order valence-corrected chi connectivity index (χ1v) is 11.1. The van der Waals surface area contributed by atoms with E-state index in [9.17, 15) is 10.2 Å². The number of phenolic OH excluding ortho intramolecular Hbond substituents is 2. The van der Waals surface area contributed by atoms with E-state index < -0.39 is 0 Å². The molecule has 0 aliphatic carbocycles. The summed E-state index contributed by atoms with van der Waals surface area (Å²) in [5.41, 5.74) is 6.50. The first-order chi connectivity index (χ1) is 13.5. The second-order valence-corrected chi connectivity index (χ2v) is 8.13. The Bertz CT molecular complexity index is 776. The van der Waals surface area contributed by atoms with Crippen LogP contribution in [0.15, 0.2) is 24.3 Å². The lowest BCUT2D eigenvalue weighted by Crippen LogP contribution is -2.08. The van der Waals surface area contributed by atoms with Crippen LogP contribution in [0.5, 0.6) is 11.5 Å². The molecule has 28 heavy (non-hydrogen) atoms. The highest BCUT2D eigenvalue weighted by molar-refractivity contribution is 5.53. The molecular weight excluding hydrogens is 344 g/mol. The Morgan fingerprint density at radius 1 is 0.750 bits per heavy atom. The summed E-state index contributed by atoms with van der Waals surface area (Å²) in [5, 5.41) is 21.6. The summed E-state index contributed by atoms with van der Waals surface area (Å²) in [6.45, 7) is 10.6. The third kappa shape index (κ3) is 4.90. The zero-order valence-corrected chi connectivity index (χ0v) is 18.4. The van der Waals surface area contributed by atoms with Crippen LogP contribution in [0, 0.1) is 13.8 Å². The van der Waals surface area contributed by atoms with Crippen molar-refractivity contribution in [3.63, 3.8) is 0 Å². The summed E-state index contributed by atoms with van der Waals surface area (Å²) < 4.78 is 0. The SMILES string of the molecule is CCCCc1ccc(C(CCC)c2ccc(C)c(O)c2CCCC)c(C)c1O. The molecule has 154 valence electrons. The summed E-state index contributed by atoms with van der Waals surface area (Å²) in [4.78, 5) is 0. The third-order valence-corrected chi connectivity index (χ3v) is 5.99. The van der Waals surface area contributed by atoms with Crippen molar-refractivity contribution in [2.45, 2.75) is 91.9 Å². The van der Waals surface area contributed by atoms with E-state index in [-0.39, 0.29) is 5.92 Å². The Morgan fingerprint density at radius 2 is 1.39 bits per heavy atom. The molecule has 1 atom stereocenters. The second-order valence-electron chi connectivity index (χ2n) is 8.13. The summed E-state index contributed by atoms with van der Waals surface area (Å²) in [6.07, 6.45) is 8.30. The highest BCUT2D eigenvalue weighted by Gasteiger charge is 2.23. The minimum absolute atomic E-state index is 0.203. The lowest BCUT2D eigenvalue weighted by molar-refractivity contribution is 0.458. The number of benzene rings is 2. The summed E-state index contributed by atoms with van der Waals surface area (Å²) in [5.74, 6) is 1.11. The Labute approximate surface area is 171 Å². The fourth-order valence-electron chi connectivity index (χ4n) is 4.20. The molecule has 0 saturated carbocycles. The smallest absolute Gasteiger partial charge is 0.121 e. The van der Waals surface area contributed by atoms with E-state index in [2.05, 4.69) is 39.0 Å². The van der Waals surface area contributed by atoms with Gasteiger partial charge in [-0.05, 0) is 79.3 Å². The van der Waals surface area contributed by atoms with Gasteiger partial charge in [0, 0.05) is 5.92 Å². The van der Waals surface area contributed by atoms with Gasteiger partial charge in [0.05, 0.1) is 0 Å². The summed E-state index contributed by atoms with van der Waals surface area (Å²) >= 11 is 0. The number of phenols is 2. The van der Waals surface area contributed by atoms with E-state index >= 15 is 0 Å². The van der Waals surface area contributed by atoms with Crippen molar-refractivity contribution in [3.05, 3.63) is 57.6 Å². The molecule has 0 amide bonds. The molecule has 2 N–H and O–H groups in total. The molecular formula is C26H38O2. The fourth-order valence-corrected chi connectivity index (χ4v) is 4.20. The van der Waals surface area contributed by atoms with Crippen LogP contribution in [-0.2, 0) is 12.8 Å². The van der Waals surface area contributed by atoms with Crippen molar-refractivity contribution in [2.75, 3.05) is 0 Å². The predicted molar refractivity (Wildman–Crippen MR) is 120 cm³/mol. The van der Waals surface area contributed by atoms with Crippen LogP contribution in [0.3, 0.4) is 0 Å². The van der Waals surface area contributed by atoms with Crippen molar-refractivity contribution in [2.24, 2.45) is 0 Å². The van der Waals surface area contributed by atoms with E-state index in [4.69, 9.17) is 0 Å². The molecule has 2 heteroatoms. The maximum atomic E-state index is 10.8. The first kappa shape index (κ1) is 22.3. The van der Waals surface area contributed by atoms with Gasteiger partial charge >= 0.3 is 0 Å². The number of hydrogen-bond acceptors (Lipinski definition) is 2. The van der Waals surface area contributed by atoms with Crippen molar-refractivity contribution in [3.8, 4) is 11.5 Å². The molecule has 0 heterocycles.